The van der Waals surface area contributed by atoms with Crippen LogP contribution in [0.3, 0.4) is 0 Å². The quantitative estimate of drug-likeness (QED) is 0.729. The van der Waals surface area contributed by atoms with Gasteiger partial charge in [-0.05, 0) is 18.6 Å². The molecule has 0 spiro atoms. The molecule has 0 aliphatic carbocycles. The summed E-state index contributed by atoms with van der Waals surface area (Å²) in [5, 5.41) is 0.0401. The highest BCUT2D eigenvalue weighted by Crippen LogP contribution is 2.30. The molecule has 2 nitrogen and oxygen atoms in total. The van der Waals surface area contributed by atoms with Crippen molar-refractivity contribution in [2.45, 2.75) is 11.2 Å². The highest BCUT2D eigenvalue weighted by atomic mass is 79.9. The van der Waals surface area contributed by atoms with Crippen molar-refractivity contribution < 1.29 is 9.18 Å². The van der Waals surface area contributed by atoms with Gasteiger partial charge in [0.2, 0.25) is 5.91 Å². The minimum absolute atomic E-state index is 0.0401. The van der Waals surface area contributed by atoms with E-state index in [1.165, 1.54) is 11.0 Å². The molecule has 0 radical (unpaired) electrons. The maximum absolute atomic E-state index is 13.6. The van der Waals surface area contributed by atoms with Crippen LogP contribution in [-0.4, -0.2) is 17.3 Å². The highest BCUT2D eigenvalue weighted by Gasteiger charge is 2.32. The van der Waals surface area contributed by atoms with Crippen molar-refractivity contribution in [3.8, 4) is 0 Å². The van der Waals surface area contributed by atoms with Crippen molar-refractivity contribution in [1.82, 2.24) is 0 Å². The Morgan fingerprint density at radius 2 is 2.27 bits per heavy atom. The summed E-state index contributed by atoms with van der Waals surface area (Å²) in [4.78, 5) is 12.8. The molecular formula is C10H8BrClFNO. The van der Waals surface area contributed by atoms with E-state index in [4.69, 9.17) is 11.6 Å². The minimum atomic E-state index is -0.533. The number of hydrogen-bond acceptors (Lipinski definition) is 1. The van der Waals surface area contributed by atoms with Crippen LogP contribution in [0.1, 0.15) is 6.42 Å². The third-order valence-corrected chi connectivity index (χ3v) is 3.50. The van der Waals surface area contributed by atoms with Gasteiger partial charge in [0.05, 0.1) is 15.5 Å². The number of alkyl halides is 1. The molecule has 1 aliphatic heterocycles. The zero-order chi connectivity index (χ0) is 11.0. The molecule has 0 aromatic heterocycles. The van der Waals surface area contributed by atoms with Crippen LogP contribution in [0.15, 0.2) is 18.2 Å². The predicted octanol–water partition coefficient (Wildman–Crippen LogP) is 2.98. The van der Waals surface area contributed by atoms with Crippen LogP contribution in [0, 0.1) is 5.82 Å². The maximum atomic E-state index is 13.6. The summed E-state index contributed by atoms with van der Waals surface area (Å²) in [6, 6.07) is 4.66. The first kappa shape index (κ1) is 10.9. The Bertz CT molecular complexity index is 412. The lowest BCUT2D eigenvalue weighted by Crippen LogP contribution is -2.27. The standard InChI is InChI=1S/C10H8BrClFNO/c11-6-4-5-14(10(6)15)8-3-1-2-7(12)9(8)13/h1-3,6H,4-5H2. The average Bonchev–Trinajstić information content (AvgIpc) is 2.53. The number of benzene rings is 1. The number of anilines is 1. The Kier molecular flexibility index (Phi) is 2.98. The number of nitrogens with zero attached hydrogens (tertiary/aromatic N) is 1. The largest absolute Gasteiger partial charge is 0.309 e. The lowest BCUT2D eigenvalue weighted by atomic mass is 10.3. The second-order valence-electron chi connectivity index (χ2n) is 3.32. The summed E-state index contributed by atoms with van der Waals surface area (Å²) in [5.74, 6) is -0.648. The van der Waals surface area contributed by atoms with E-state index < -0.39 is 5.82 Å². The van der Waals surface area contributed by atoms with Gasteiger partial charge in [-0.25, -0.2) is 4.39 Å². The monoisotopic (exact) mass is 291 g/mol. The maximum Gasteiger partial charge on any atom is 0.240 e. The SMILES string of the molecule is O=C1C(Br)CCN1c1cccc(Cl)c1F. The summed E-state index contributed by atoms with van der Waals surface area (Å²) in [6.07, 6.45) is 0.685. The highest BCUT2D eigenvalue weighted by molar-refractivity contribution is 9.10. The first-order chi connectivity index (χ1) is 7.11. The van der Waals surface area contributed by atoms with Gasteiger partial charge in [-0.15, -0.1) is 0 Å². The molecule has 1 aromatic carbocycles. The van der Waals surface area contributed by atoms with E-state index in [0.29, 0.717) is 13.0 Å². The van der Waals surface area contributed by atoms with Gasteiger partial charge in [0.15, 0.2) is 5.82 Å². The Morgan fingerprint density at radius 1 is 1.53 bits per heavy atom. The third kappa shape index (κ3) is 1.88. The van der Waals surface area contributed by atoms with E-state index in [9.17, 15) is 9.18 Å². The van der Waals surface area contributed by atoms with Gasteiger partial charge in [0, 0.05) is 6.54 Å². The fourth-order valence-corrected chi connectivity index (χ4v) is 2.21. The molecular weight excluding hydrogens is 284 g/mol. The van der Waals surface area contributed by atoms with E-state index in [-0.39, 0.29) is 21.4 Å². The summed E-state index contributed by atoms with van der Waals surface area (Å²) in [6.45, 7) is 0.520. The van der Waals surface area contributed by atoms with Crippen LogP contribution in [0.5, 0.6) is 0 Å². The lowest BCUT2D eigenvalue weighted by molar-refractivity contribution is -0.116. The van der Waals surface area contributed by atoms with Gasteiger partial charge >= 0.3 is 0 Å². The molecule has 2 rings (SSSR count). The van der Waals surface area contributed by atoms with Gasteiger partial charge in [0.1, 0.15) is 0 Å². The molecule has 1 amide bonds. The van der Waals surface area contributed by atoms with Crippen molar-refractivity contribution in [2.24, 2.45) is 0 Å². The third-order valence-electron chi connectivity index (χ3n) is 2.36. The molecule has 0 bridgehead atoms. The fourth-order valence-electron chi connectivity index (χ4n) is 1.59. The predicted molar refractivity (Wildman–Crippen MR) is 61.1 cm³/mol. The van der Waals surface area contributed by atoms with Crippen molar-refractivity contribution >= 4 is 39.1 Å². The Morgan fingerprint density at radius 3 is 2.87 bits per heavy atom. The van der Waals surface area contributed by atoms with Crippen LogP contribution in [0.25, 0.3) is 0 Å². The molecule has 0 N–H and O–H groups in total. The molecule has 1 atom stereocenters. The second kappa shape index (κ2) is 4.10. The van der Waals surface area contributed by atoms with Crippen molar-refractivity contribution in [1.29, 1.82) is 0 Å². The lowest BCUT2D eigenvalue weighted by Gasteiger charge is -2.16. The van der Waals surface area contributed by atoms with E-state index >= 15 is 0 Å². The van der Waals surface area contributed by atoms with Crippen molar-refractivity contribution in [3.05, 3.63) is 29.0 Å². The topological polar surface area (TPSA) is 20.3 Å². The van der Waals surface area contributed by atoms with Gasteiger partial charge in [-0.1, -0.05) is 33.6 Å². The zero-order valence-electron chi connectivity index (χ0n) is 7.71. The molecule has 15 heavy (non-hydrogen) atoms. The van der Waals surface area contributed by atoms with Gasteiger partial charge in [0.25, 0.3) is 0 Å². The second-order valence-corrected chi connectivity index (χ2v) is 4.83. The molecule has 1 fully saturated rings. The molecule has 1 saturated heterocycles. The van der Waals surface area contributed by atoms with Gasteiger partial charge < -0.3 is 4.90 Å². The number of carbonyl (C=O) groups excluding carboxylic acids is 1. The number of carbonyl (C=O) groups is 1. The fraction of sp³-hybridized carbons (Fsp3) is 0.300. The summed E-state index contributed by atoms with van der Waals surface area (Å²) >= 11 is 8.89. The van der Waals surface area contributed by atoms with Crippen LogP contribution in [0.4, 0.5) is 10.1 Å². The average molecular weight is 293 g/mol. The normalized spacial score (nSPS) is 21.1. The van der Waals surface area contributed by atoms with E-state index in [1.807, 2.05) is 0 Å². The van der Waals surface area contributed by atoms with E-state index in [2.05, 4.69) is 15.9 Å². The first-order valence-electron chi connectivity index (χ1n) is 4.50. The molecule has 1 unspecified atom stereocenters. The van der Waals surface area contributed by atoms with Gasteiger partial charge in [-0.2, -0.15) is 0 Å². The number of hydrogen-bond donors (Lipinski definition) is 0. The minimum Gasteiger partial charge on any atom is -0.309 e. The Labute approximate surface area is 100 Å². The van der Waals surface area contributed by atoms with Crippen molar-refractivity contribution in [3.63, 3.8) is 0 Å². The molecule has 1 heterocycles. The molecule has 1 aromatic rings. The smallest absolute Gasteiger partial charge is 0.240 e. The molecule has 5 heteroatoms. The zero-order valence-corrected chi connectivity index (χ0v) is 10.1. The van der Waals surface area contributed by atoms with E-state index in [1.54, 1.807) is 12.1 Å². The number of halogens is 3. The molecule has 0 saturated carbocycles. The summed E-state index contributed by atoms with van der Waals surface area (Å²) < 4.78 is 13.6. The number of rotatable bonds is 1. The summed E-state index contributed by atoms with van der Waals surface area (Å²) in [5.41, 5.74) is 0.259. The molecule has 80 valence electrons. The van der Waals surface area contributed by atoms with Crippen LogP contribution >= 0.6 is 27.5 Å². The number of amides is 1. The van der Waals surface area contributed by atoms with Crippen LogP contribution in [-0.2, 0) is 4.79 Å². The van der Waals surface area contributed by atoms with Crippen LogP contribution in [0.2, 0.25) is 5.02 Å². The van der Waals surface area contributed by atoms with E-state index in [0.717, 1.165) is 0 Å². The Balaban J connectivity index is 2.38. The summed E-state index contributed by atoms with van der Waals surface area (Å²) in [7, 11) is 0. The molecule has 1 aliphatic rings. The first-order valence-corrected chi connectivity index (χ1v) is 5.80. The van der Waals surface area contributed by atoms with Crippen LogP contribution < -0.4 is 4.90 Å². The van der Waals surface area contributed by atoms with Gasteiger partial charge in [-0.3, -0.25) is 4.79 Å². The van der Waals surface area contributed by atoms with Crippen molar-refractivity contribution in [2.75, 3.05) is 11.4 Å². The Hall–Kier alpha value is -0.610.